The van der Waals surface area contributed by atoms with E-state index < -0.39 is 0 Å². The highest BCUT2D eigenvalue weighted by atomic mass is 19.1. The largest absolute Gasteiger partial charge is 0.395 e. The number of likely N-dealkylation sites (N-methyl/N-ethyl adjacent to an activating group) is 1. The van der Waals surface area contributed by atoms with Gasteiger partial charge in [0, 0.05) is 12.6 Å². The van der Waals surface area contributed by atoms with Gasteiger partial charge in [0.1, 0.15) is 5.82 Å². The van der Waals surface area contributed by atoms with Gasteiger partial charge in [-0.2, -0.15) is 0 Å². The molecule has 16 heavy (non-hydrogen) atoms. The number of hydrogen-bond donors (Lipinski definition) is 1. The summed E-state index contributed by atoms with van der Waals surface area (Å²) in [6.45, 7) is 2.99. The molecule has 0 amide bonds. The Bertz CT molecular complexity index is 317. The predicted molar refractivity (Wildman–Crippen MR) is 63.9 cm³/mol. The number of aryl methyl sites for hydroxylation is 1. The third kappa shape index (κ3) is 4.29. The molecule has 0 saturated carbocycles. The van der Waals surface area contributed by atoms with E-state index in [1.165, 1.54) is 6.07 Å². The summed E-state index contributed by atoms with van der Waals surface area (Å²) in [6, 6.07) is 7.13. The maximum absolute atomic E-state index is 12.9. The third-order valence-electron chi connectivity index (χ3n) is 2.94. The van der Waals surface area contributed by atoms with Crippen LogP contribution in [-0.4, -0.2) is 36.2 Å². The Balaban J connectivity index is 2.39. The molecule has 1 atom stereocenters. The summed E-state index contributed by atoms with van der Waals surface area (Å²) in [5, 5.41) is 8.82. The van der Waals surface area contributed by atoms with Gasteiger partial charge in [-0.25, -0.2) is 4.39 Å². The van der Waals surface area contributed by atoms with Gasteiger partial charge in [0.2, 0.25) is 0 Å². The number of aliphatic hydroxyl groups is 1. The lowest BCUT2D eigenvalue weighted by molar-refractivity contribution is 0.182. The molecule has 1 rings (SSSR count). The van der Waals surface area contributed by atoms with E-state index in [-0.39, 0.29) is 12.4 Å². The van der Waals surface area contributed by atoms with Crippen molar-refractivity contribution in [2.24, 2.45) is 0 Å². The first-order valence-electron chi connectivity index (χ1n) is 5.69. The van der Waals surface area contributed by atoms with Crippen molar-refractivity contribution in [2.45, 2.75) is 25.8 Å². The van der Waals surface area contributed by atoms with Crippen LogP contribution in [0.4, 0.5) is 4.39 Å². The molecule has 1 aromatic carbocycles. The van der Waals surface area contributed by atoms with E-state index in [9.17, 15) is 4.39 Å². The highest BCUT2D eigenvalue weighted by Crippen LogP contribution is 2.10. The van der Waals surface area contributed by atoms with Crippen molar-refractivity contribution < 1.29 is 9.50 Å². The minimum absolute atomic E-state index is 0.172. The molecule has 0 radical (unpaired) electrons. The summed E-state index contributed by atoms with van der Waals surface area (Å²) in [7, 11) is 1.99. The molecule has 0 aliphatic rings. The number of rotatable bonds is 6. The van der Waals surface area contributed by atoms with Crippen LogP contribution in [0.2, 0.25) is 0 Å². The van der Waals surface area contributed by atoms with Crippen molar-refractivity contribution in [3.05, 3.63) is 35.6 Å². The molecule has 0 aliphatic carbocycles. The molecule has 0 spiro atoms. The van der Waals surface area contributed by atoms with Crippen molar-refractivity contribution in [1.29, 1.82) is 0 Å². The van der Waals surface area contributed by atoms with E-state index >= 15 is 0 Å². The Morgan fingerprint density at radius 3 is 2.81 bits per heavy atom. The number of hydrogen-bond acceptors (Lipinski definition) is 2. The molecule has 1 aromatic rings. The van der Waals surface area contributed by atoms with Gasteiger partial charge in [0.15, 0.2) is 0 Å². The normalized spacial score (nSPS) is 13.1. The lowest BCUT2D eigenvalue weighted by atomic mass is 10.1. The van der Waals surface area contributed by atoms with Gasteiger partial charge in [0.25, 0.3) is 0 Å². The third-order valence-corrected chi connectivity index (χ3v) is 2.94. The SMILES string of the molecule is C[C@@H](CCc1cccc(F)c1)N(C)CCO. The van der Waals surface area contributed by atoms with Crippen LogP contribution in [0.5, 0.6) is 0 Å². The van der Waals surface area contributed by atoms with Gasteiger partial charge in [-0.3, -0.25) is 0 Å². The molecule has 0 bridgehead atoms. The minimum atomic E-state index is -0.172. The summed E-state index contributed by atoms with van der Waals surface area (Å²) >= 11 is 0. The van der Waals surface area contributed by atoms with E-state index in [0.717, 1.165) is 18.4 Å². The Kier molecular flexibility index (Phi) is 5.43. The fourth-order valence-corrected chi connectivity index (χ4v) is 1.67. The monoisotopic (exact) mass is 225 g/mol. The van der Waals surface area contributed by atoms with E-state index in [4.69, 9.17) is 5.11 Å². The molecular formula is C13H20FNO. The lowest BCUT2D eigenvalue weighted by Crippen LogP contribution is -2.31. The van der Waals surface area contributed by atoms with Crippen LogP contribution in [0.3, 0.4) is 0 Å². The van der Waals surface area contributed by atoms with Gasteiger partial charge in [-0.1, -0.05) is 12.1 Å². The first kappa shape index (κ1) is 13.1. The van der Waals surface area contributed by atoms with Crippen LogP contribution in [0.25, 0.3) is 0 Å². The van der Waals surface area contributed by atoms with Crippen LogP contribution >= 0.6 is 0 Å². The molecule has 0 saturated heterocycles. The highest BCUT2D eigenvalue weighted by molar-refractivity contribution is 5.16. The maximum atomic E-state index is 12.9. The van der Waals surface area contributed by atoms with Gasteiger partial charge >= 0.3 is 0 Å². The standard InChI is InChI=1S/C13H20FNO/c1-11(15(2)8-9-16)6-7-12-4-3-5-13(14)10-12/h3-5,10-11,16H,6-9H2,1-2H3/t11-/m0/s1. The second kappa shape index (κ2) is 6.61. The Morgan fingerprint density at radius 1 is 1.44 bits per heavy atom. The van der Waals surface area contributed by atoms with Crippen LogP contribution in [0.1, 0.15) is 18.9 Å². The summed E-state index contributed by atoms with van der Waals surface area (Å²) in [5.41, 5.74) is 1.03. The van der Waals surface area contributed by atoms with Crippen LogP contribution < -0.4 is 0 Å². The summed E-state index contributed by atoms with van der Waals surface area (Å²) in [5.74, 6) is -0.172. The van der Waals surface area contributed by atoms with Crippen molar-refractivity contribution in [1.82, 2.24) is 4.90 Å². The smallest absolute Gasteiger partial charge is 0.123 e. The molecule has 0 unspecified atom stereocenters. The zero-order valence-corrected chi connectivity index (χ0v) is 9.99. The Morgan fingerprint density at radius 2 is 2.19 bits per heavy atom. The topological polar surface area (TPSA) is 23.5 Å². The van der Waals surface area contributed by atoms with Crippen LogP contribution in [-0.2, 0) is 6.42 Å². The molecule has 0 heterocycles. The lowest BCUT2D eigenvalue weighted by Gasteiger charge is -2.23. The van der Waals surface area contributed by atoms with Crippen molar-refractivity contribution >= 4 is 0 Å². The Hall–Kier alpha value is -0.930. The quantitative estimate of drug-likeness (QED) is 0.801. The molecule has 0 fully saturated rings. The molecule has 0 aromatic heterocycles. The second-order valence-corrected chi connectivity index (χ2v) is 4.22. The summed E-state index contributed by atoms with van der Waals surface area (Å²) < 4.78 is 12.9. The van der Waals surface area contributed by atoms with Gasteiger partial charge in [-0.05, 0) is 44.5 Å². The van der Waals surface area contributed by atoms with E-state index in [1.807, 2.05) is 13.1 Å². The van der Waals surface area contributed by atoms with Crippen LogP contribution in [0.15, 0.2) is 24.3 Å². The second-order valence-electron chi connectivity index (χ2n) is 4.22. The first-order valence-corrected chi connectivity index (χ1v) is 5.69. The van der Waals surface area contributed by atoms with E-state index in [0.29, 0.717) is 12.6 Å². The number of nitrogens with zero attached hydrogens (tertiary/aromatic N) is 1. The summed E-state index contributed by atoms with van der Waals surface area (Å²) in [4.78, 5) is 2.11. The average Bonchev–Trinajstić information content (AvgIpc) is 2.26. The Labute approximate surface area is 96.7 Å². The molecular weight excluding hydrogens is 205 g/mol. The van der Waals surface area contributed by atoms with E-state index in [2.05, 4.69) is 11.8 Å². The van der Waals surface area contributed by atoms with Crippen molar-refractivity contribution in [3.8, 4) is 0 Å². The predicted octanol–water partition coefficient (Wildman–Crippen LogP) is 2.07. The molecule has 90 valence electrons. The zero-order chi connectivity index (χ0) is 12.0. The van der Waals surface area contributed by atoms with Gasteiger partial charge in [0.05, 0.1) is 6.61 Å². The van der Waals surface area contributed by atoms with Crippen molar-refractivity contribution in [2.75, 3.05) is 20.2 Å². The van der Waals surface area contributed by atoms with Crippen LogP contribution in [0, 0.1) is 5.82 Å². The zero-order valence-electron chi connectivity index (χ0n) is 9.99. The number of benzene rings is 1. The molecule has 2 nitrogen and oxygen atoms in total. The fraction of sp³-hybridized carbons (Fsp3) is 0.538. The van der Waals surface area contributed by atoms with Gasteiger partial charge in [-0.15, -0.1) is 0 Å². The highest BCUT2D eigenvalue weighted by Gasteiger charge is 2.08. The number of aliphatic hydroxyl groups excluding tert-OH is 1. The maximum Gasteiger partial charge on any atom is 0.123 e. The number of halogens is 1. The molecule has 1 N–H and O–H groups in total. The minimum Gasteiger partial charge on any atom is -0.395 e. The summed E-state index contributed by atoms with van der Waals surface area (Å²) in [6.07, 6.45) is 1.84. The van der Waals surface area contributed by atoms with E-state index in [1.54, 1.807) is 12.1 Å². The van der Waals surface area contributed by atoms with Crippen molar-refractivity contribution in [3.63, 3.8) is 0 Å². The fourth-order valence-electron chi connectivity index (χ4n) is 1.67. The molecule has 3 heteroatoms. The molecule has 0 aliphatic heterocycles. The first-order chi connectivity index (χ1) is 7.63. The van der Waals surface area contributed by atoms with Gasteiger partial charge < -0.3 is 10.0 Å². The average molecular weight is 225 g/mol.